The van der Waals surface area contributed by atoms with Crippen LogP contribution in [0, 0.1) is 5.92 Å². The van der Waals surface area contributed by atoms with Gasteiger partial charge < -0.3 is 26.8 Å². The Labute approximate surface area is 151 Å². The van der Waals surface area contributed by atoms with Crippen LogP contribution in [0.1, 0.15) is 24.2 Å². The number of aromatic nitrogens is 2. The number of carbonyl (C=O) groups excluding carboxylic acids is 2. The maximum Gasteiger partial charge on any atom is 0.254 e. The molecular weight excluding hydrogens is 336 g/mol. The highest BCUT2D eigenvalue weighted by molar-refractivity contribution is 5.98. The minimum absolute atomic E-state index is 0.133. The molecule has 0 saturated carbocycles. The first-order valence-electron chi connectivity index (χ1n) is 7.95. The molecule has 0 bridgehead atoms. The highest BCUT2D eigenvalue weighted by atomic mass is 16.5. The number of methoxy groups -OCH3 is 1. The molecule has 0 saturated heterocycles. The number of hydrogen-bond donors (Lipinski definition) is 4. The van der Waals surface area contributed by atoms with Gasteiger partial charge in [-0.3, -0.25) is 9.59 Å². The number of anilines is 3. The van der Waals surface area contributed by atoms with Gasteiger partial charge in [0.05, 0.1) is 13.0 Å². The molecule has 0 radical (unpaired) electrons. The van der Waals surface area contributed by atoms with Gasteiger partial charge in [-0.25, -0.2) is 4.98 Å². The van der Waals surface area contributed by atoms with E-state index in [1.807, 2.05) is 0 Å². The molecule has 2 unspecified atom stereocenters. The van der Waals surface area contributed by atoms with E-state index >= 15 is 0 Å². The van der Waals surface area contributed by atoms with E-state index in [1.165, 1.54) is 6.20 Å². The zero-order valence-corrected chi connectivity index (χ0v) is 14.8. The molecule has 1 aromatic carbocycles. The highest BCUT2D eigenvalue weighted by Gasteiger charge is 2.19. The molecule has 0 aliphatic rings. The molecule has 0 fully saturated rings. The zero-order chi connectivity index (χ0) is 19.3. The molecule has 2 aromatic rings. The number of ether oxygens (including phenoxy) is 1. The molecule has 2 amide bonds. The molecule has 138 valence electrons. The highest BCUT2D eigenvalue weighted by Crippen LogP contribution is 2.23. The van der Waals surface area contributed by atoms with Crippen molar-refractivity contribution in [3.05, 3.63) is 36.0 Å². The standard InChI is InChI=1S/C17H22N6O3/c1-9(14(18)24)10(2)21-17-20-8-13(15(19)25)16(23-17)22-11-5-4-6-12(7-11)26-3/h4-10H,1-3H3,(H2,18,24)(H2,19,25)(H2,20,21,22,23). The molecule has 2 atom stereocenters. The van der Waals surface area contributed by atoms with Gasteiger partial charge in [0.25, 0.3) is 5.91 Å². The lowest BCUT2D eigenvalue weighted by molar-refractivity contribution is -0.121. The van der Waals surface area contributed by atoms with Crippen LogP contribution in [0.15, 0.2) is 30.5 Å². The number of nitrogens with zero attached hydrogens (tertiary/aromatic N) is 2. The van der Waals surface area contributed by atoms with Crippen molar-refractivity contribution in [2.24, 2.45) is 17.4 Å². The van der Waals surface area contributed by atoms with Crippen molar-refractivity contribution in [1.29, 1.82) is 0 Å². The summed E-state index contributed by atoms with van der Waals surface area (Å²) in [6.07, 6.45) is 1.32. The monoisotopic (exact) mass is 358 g/mol. The van der Waals surface area contributed by atoms with E-state index in [0.29, 0.717) is 11.4 Å². The summed E-state index contributed by atoms with van der Waals surface area (Å²) in [4.78, 5) is 31.3. The molecule has 6 N–H and O–H groups in total. The van der Waals surface area contributed by atoms with Crippen molar-refractivity contribution in [2.45, 2.75) is 19.9 Å². The van der Waals surface area contributed by atoms with Gasteiger partial charge >= 0.3 is 0 Å². The topological polar surface area (TPSA) is 145 Å². The second-order valence-corrected chi connectivity index (χ2v) is 5.80. The third kappa shape index (κ3) is 4.59. The summed E-state index contributed by atoms with van der Waals surface area (Å²) in [5.41, 5.74) is 11.5. The van der Waals surface area contributed by atoms with Gasteiger partial charge in [0, 0.05) is 24.0 Å². The third-order valence-electron chi connectivity index (χ3n) is 3.94. The number of carbonyl (C=O) groups is 2. The molecule has 0 aliphatic heterocycles. The third-order valence-corrected chi connectivity index (χ3v) is 3.94. The van der Waals surface area contributed by atoms with Crippen molar-refractivity contribution >= 4 is 29.3 Å². The molecular formula is C17H22N6O3. The normalized spacial score (nSPS) is 12.7. The summed E-state index contributed by atoms with van der Waals surface area (Å²) in [5.74, 6) is -0.409. The van der Waals surface area contributed by atoms with E-state index in [-0.39, 0.29) is 23.4 Å². The molecule has 26 heavy (non-hydrogen) atoms. The van der Waals surface area contributed by atoms with E-state index < -0.39 is 17.7 Å². The molecule has 0 aliphatic carbocycles. The fourth-order valence-electron chi connectivity index (χ4n) is 2.14. The van der Waals surface area contributed by atoms with E-state index in [1.54, 1.807) is 45.2 Å². The summed E-state index contributed by atoms with van der Waals surface area (Å²) < 4.78 is 5.17. The average molecular weight is 358 g/mol. The fraction of sp³-hybridized carbons (Fsp3) is 0.294. The van der Waals surface area contributed by atoms with Gasteiger partial charge in [0.1, 0.15) is 17.1 Å². The number of amides is 2. The Morgan fingerprint density at radius 2 is 1.96 bits per heavy atom. The first kappa shape index (κ1) is 19.0. The summed E-state index contributed by atoms with van der Waals surface area (Å²) in [5, 5.41) is 6.03. The maximum atomic E-state index is 11.7. The number of hydrogen-bond acceptors (Lipinski definition) is 7. The summed E-state index contributed by atoms with van der Waals surface area (Å²) in [6, 6.07) is 6.83. The average Bonchev–Trinajstić information content (AvgIpc) is 2.61. The maximum absolute atomic E-state index is 11.7. The van der Waals surface area contributed by atoms with Crippen molar-refractivity contribution in [3.8, 4) is 5.75 Å². The van der Waals surface area contributed by atoms with E-state index in [9.17, 15) is 9.59 Å². The molecule has 9 nitrogen and oxygen atoms in total. The van der Waals surface area contributed by atoms with Crippen molar-refractivity contribution in [2.75, 3.05) is 17.7 Å². The summed E-state index contributed by atoms with van der Waals surface area (Å²) in [7, 11) is 1.56. The van der Waals surface area contributed by atoms with Crippen LogP contribution >= 0.6 is 0 Å². The zero-order valence-electron chi connectivity index (χ0n) is 14.8. The number of benzene rings is 1. The summed E-state index contributed by atoms with van der Waals surface area (Å²) >= 11 is 0. The predicted molar refractivity (Wildman–Crippen MR) is 98.3 cm³/mol. The largest absolute Gasteiger partial charge is 0.497 e. The van der Waals surface area contributed by atoms with E-state index in [4.69, 9.17) is 16.2 Å². The number of nitrogens with two attached hydrogens (primary N) is 2. The SMILES string of the molecule is COc1cccc(Nc2nc(NC(C)C(C)C(N)=O)ncc2C(N)=O)c1. The second kappa shape index (κ2) is 8.15. The first-order chi connectivity index (χ1) is 12.3. The number of nitrogens with one attached hydrogen (secondary N) is 2. The van der Waals surface area contributed by atoms with Crippen molar-refractivity contribution < 1.29 is 14.3 Å². The van der Waals surface area contributed by atoms with Crippen molar-refractivity contribution in [1.82, 2.24) is 9.97 Å². The van der Waals surface area contributed by atoms with Crippen LogP contribution < -0.4 is 26.8 Å². The van der Waals surface area contributed by atoms with Gasteiger partial charge in [-0.05, 0) is 19.1 Å². The Bertz CT molecular complexity index is 811. The van der Waals surface area contributed by atoms with Gasteiger partial charge in [0.2, 0.25) is 11.9 Å². The smallest absolute Gasteiger partial charge is 0.254 e. The minimum Gasteiger partial charge on any atom is -0.497 e. The van der Waals surface area contributed by atoms with Crippen LogP contribution in [0.3, 0.4) is 0 Å². The van der Waals surface area contributed by atoms with Crippen LogP contribution in [0.4, 0.5) is 17.5 Å². The van der Waals surface area contributed by atoms with Crippen LogP contribution in [0.5, 0.6) is 5.75 Å². The number of primary amides is 2. The number of rotatable bonds is 8. The van der Waals surface area contributed by atoms with Crippen LogP contribution in [0.25, 0.3) is 0 Å². The lowest BCUT2D eigenvalue weighted by Gasteiger charge is -2.19. The quantitative estimate of drug-likeness (QED) is 0.555. The molecule has 0 spiro atoms. The van der Waals surface area contributed by atoms with E-state index in [2.05, 4.69) is 20.6 Å². The Balaban J connectivity index is 2.30. The van der Waals surface area contributed by atoms with Crippen molar-refractivity contribution in [3.63, 3.8) is 0 Å². The van der Waals surface area contributed by atoms with Crippen LogP contribution in [0.2, 0.25) is 0 Å². The van der Waals surface area contributed by atoms with E-state index in [0.717, 1.165) is 0 Å². The predicted octanol–water partition coefficient (Wildman–Crippen LogP) is 1.25. The fourth-order valence-corrected chi connectivity index (χ4v) is 2.14. The van der Waals surface area contributed by atoms with Gasteiger partial charge in [-0.1, -0.05) is 13.0 Å². The Hall–Kier alpha value is -3.36. The van der Waals surface area contributed by atoms with Crippen LogP contribution in [-0.4, -0.2) is 34.9 Å². The Kier molecular flexibility index (Phi) is 5.94. The first-order valence-corrected chi connectivity index (χ1v) is 7.95. The molecule has 1 heterocycles. The Morgan fingerprint density at radius 3 is 2.58 bits per heavy atom. The molecule has 1 aromatic heterocycles. The Morgan fingerprint density at radius 1 is 1.23 bits per heavy atom. The summed E-state index contributed by atoms with van der Waals surface area (Å²) in [6.45, 7) is 3.49. The van der Waals surface area contributed by atoms with Gasteiger partial charge in [-0.15, -0.1) is 0 Å². The lowest BCUT2D eigenvalue weighted by atomic mass is 10.0. The molecule has 9 heteroatoms. The molecule has 2 rings (SSSR count). The second-order valence-electron chi connectivity index (χ2n) is 5.80. The van der Waals surface area contributed by atoms with Gasteiger partial charge in [0.15, 0.2) is 0 Å². The van der Waals surface area contributed by atoms with Gasteiger partial charge in [-0.2, -0.15) is 4.98 Å². The lowest BCUT2D eigenvalue weighted by Crippen LogP contribution is -2.34. The minimum atomic E-state index is -0.666. The van der Waals surface area contributed by atoms with Crippen LogP contribution in [-0.2, 0) is 4.79 Å².